The maximum atomic E-state index is 12.5. The normalized spacial score (nSPS) is 11.1. The Labute approximate surface area is 186 Å². The van der Waals surface area contributed by atoms with E-state index in [2.05, 4.69) is 0 Å². The lowest BCUT2D eigenvalue weighted by atomic mass is 10.1. The van der Waals surface area contributed by atoms with Crippen LogP contribution in [0.15, 0.2) is 78.9 Å². The Kier molecular flexibility index (Phi) is 5.90. The van der Waals surface area contributed by atoms with Gasteiger partial charge in [0.2, 0.25) is 0 Å². The maximum Gasteiger partial charge on any atom is 0.336 e. The van der Waals surface area contributed by atoms with Gasteiger partial charge in [0.15, 0.2) is 5.78 Å². The molecule has 0 aliphatic carbocycles. The van der Waals surface area contributed by atoms with Crippen LogP contribution >= 0.6 is 0 Å². The van der Waals surface area contributed by atoms with Gasteiger partial charge in [0.1, 0.15) is 11.5 Å². The number of hydrogen-bond donors (Lipinski definition) is 0. The second-order valence-electron chi connectivity index (χ2n) is 7.39. The Morgan fingerprint density at radius 1 is 0.906 bits per heavy atom. The minimum Gasteiger partial charge on any atom is -0.497 e. The molecule has 5 heteroatoms. The Balaban J connectivity index is 1.70. The van der Waals surface area contributed by atoms with Crippen molar-refractivity contribution in [1.82, 2.24) is 4.57 Å². The first-order valence-electron chi connectivity index (χ1n) is 10.2. The number of ketones is 1. The molecule has 0 amide bonds. The first kappa shape index (κ1) is 21.1. The zero-order chi connectivity index (χ0) is 22.7. The van der Waals surface area contributed by atoms with Crippen molar-refractivity contribution < 1.29 is 19.1 Å². The summed E-state index contributed by atoms with van der Waals surface area (Å²) >= 11 is 0. The van der Waals surface area contributed by atoms with Crippen LogP contribution in [0.25, 0.3) is 22.7 Å². The van der Waals surface area contributed by atoms with E-state index >= 15 is 0 Å². The highest BCUT2D eigenvalue weighted by molar-refractivity contribution is 6.09. The van der Waals surface area contributed by atoms with Crippen molar-refractivity contribution in [3.05, 3.63) is 95.7 Å². The lowest BCUT2D eigenvalue weighted by molar-refractivity contribution is -0.128. The van der Waals surface area contributed by atoms with Gasteiger partial charge < -0.3 is 14.0 Å². The van der Waals surface area contributed by atoms with Crippen molar-refractivity contribution in [3.8, 4) is 17.2 Å². The van der Waals surface area contributed by atoms with Crippen LogP contribution in [0.4, 0.5) is 0 Å². The molecule has 32 heavy (non-hydrogen) atoms. The predicted octanol–water partition coefficient (Wildman–Crippen LogP) is 5.77. The summed E-state index contributed by atoms with van der Waals surface area (Å²) in [4.78, 5) is 24.8. The molecule has 0 bridgehead atoms. The average Bonchev–Trinajstić information content (AvgIpc) is 3.09. The summed E-state index contributed by atoms with van der Waals surface area (Å²) in [6.45, 7) is 3.46. The summed E-state index contributed by atoms with van der Waals surface area (Å²) in [5.74, 6) is 0.609. The van der Waals surface area contributed by atoms with Gasteiger partial charge in [-0.3, -0.25) is 4.79 Å². The molecule has 3 aromatic carbocycles. The van der Waals surface area contributed by atoms with Crippen LogP contribution in [0, 0.1) is 6.92 Å². The zero-order valence-electron chi connectivity index (χ0n) is 18.2. The largest absolute Gasteiger partial charge is 0.497 e. The van der Waals surface area contributed by atoms with E-state index in [-0.39, 0.29) is 5.78 Å². The Hall–Kier alpha value is -4.12. The molecule has 160 valence electrons. The fraction of sp³-hybridized carbons (Fsp3) is 0.111. The summed E-state index contributed by atoms with van der Waals surface area (Å²) in [7, 11) is 1.62. The molecule has 1 aromatic heterocycles. The van der Waals surface area contributed by atoms with Crippen LogP contribution in [-0.4, -0.2) is 23.4 Å². The Morgan fingerprint density at radius 3 is 2.25 bits per heavy atom. The number of fused-ring (bicyclic) bond motifs is 1. The van der Waals surface area contributed by atoms with Crippen LogP contribution in [0.2, 0.25) is 0 Å². The Morgan fingerprint density at radius 2 is 1.59 bits per heavy atom. The SMILES string of the molecule is COc1ccc(-n2c(C)c(C(C)=O)c3cc(OC(=O)/C=C/c4ccccc4)ccc32)cc1. The third-order valence-corrected chi connectivity index (χ3v) is 5.29. The smallest absolute Gasteiger partial charge is 0.336 e. The van der Waals surface area contributed by atoms with Gasteiger partial charge in [0.05, 0.1) is 12.6 Å². The summed E-state index contributed by atoms with van der Waals surface area (Å²) in [6.07, 6.45) is 3.09. The number of carbonyl (C=O) groups is 2. The van der Waals surface area contributed by atoms with Gasteiger partial charge in [-0.2, -0.15) is 0 Å². The first-order valence-corrected chi connectivity index (χ1v) is 10.2. The molecule has 0 unspecified atom stereocenters. The molecule has 4 aromatic rings. The Bertz CT molecular complexity index is 1320. The number of hydrogen-bond acceptors (Lipinski definition) is 4. The fourth-order valence-corrected chi connectivity index (χ4v) is 3.85. The van der Waals surface area contributed by atoms with Gasteiger partial charge in [-0.15, -0.1) is 0 Å². The number of methoxy groups -OCH3 is 1. The quantitative estimate of drug-likeness (QED) is 0.170. The summed E-state index contributed by atoms with van der Waals surface area (Å²) in [6, 6.07) is 22.5. The number of esters is 1. The predicted molar refractivity (Wildman–Crippen MR) is 126 cm³/mol. The molecule has 0 saturated carbocycles. The van der Waals surface area contributed by atoms with Gasteiger partial charge >= 0.3 is 5.97 Å². The molecule has 0 saturated heterocycles. The van der Waals surface area contributed by atoms with Crippen molar-refractivity contribution in [3.63, 3.8) is 0 Å². The fourth-order valence-electron chi connectivity index (χ4n) is 3.85. The molecule has 0 atom stereocenters. The molecule has 0 fully saturated rings. The van der Waals surface area contributed by atoms with Crippen LogP contribution in [0.1, 0.15) is 28.5 Å². The van der Waals surface area contributed by atoms with Gasteiger partial charge in [0, 0.05) is 28.4 Å². The summed E-state index contributed by atoms with van der Waals surface area (Å²) in [5, 5.41) is 0.739. The standard InChI is InChI=1S/C27H23NO4/c1-18-27(19(2)29)24-17-23(32-26(30)16-9-20-7-5-4-6-8-20)14-15-25(24)28(18)21-10-12-22(31-3)13-11-21/h4-17H,1-3H3/b16-9+. The van der Waals surface area contributed by atoms with E-state index in [9.17, 15) is 9.59 Å². The van der Waals surface area contributed by atoms with Crippen molar-refractivity contribution >= 4 is 28.7 Å². The number of rotatable bonds is 6. The molecule has 0 N–H and O–H groups in total. The van der Waals surface area contributed by atoms with Crippen LogP contribution in [0.5, 0.6) is 11.5 Å². The number of Topliss-reactive ketones (excluding diaryl/α,β-unsaturated/α-hetero) is 1. The second kappa shape index (κ2) is 8.94. The van der Waals surface area contributed by atoms with E-state index in [0.717, 1.165) is 33.6 Å². The zero-order valence-corrected chi connectivity index (χ0v) is 18.2. The highest BCUT2D eigenvalue weighted by Gasteiger charge is 2.19. The molecule has 0 radical (unpaired) electrons. The van der Waals surface area contributed by atoms with E-state index < -0.39 is 5.97 Å². The highest BCUT2D eigenvalue weighted by Crippen LogP contribution is 2.33. The molecule has 0 aliphatic heterocycles. The summed E-state index contributed by atoms with van der Waals surface area (Å²) in [5.41, 5.74) is 4.11. The van der Waals surface area contributed by atoms with Crippen molar-refractivity contribution in [1.29, 1.82) is 0 Å². The average molecular weight is 425 g/mol. The monoisotopic (exact) mass is 425 g/mol. The first-order chi connectivity index (χ1) is 15.5. The second-order valence-corrected chi connectivity index (χ2v) is 7.39. The van der Waals surface area contributed by atoms with E-state index in [0.29, 0.717) is 11.3 Å². The van der Waals surface area contributed by atoms with E-state index in [1.54, 1.807) is 32.2 Å². The van der Waals surface area contributed by atoms with Crippen molar-refractivity contribution in [2.24, 2.45) is 0 Å². The van der Waals surface area contributed by atoms with Gasteiger partial charge in [-0.25, -0.2) is 4.79 Å². The highest BCUT2D eigenvalue weighted by atomic mass is 16.5. The topological polar surface area (TPSA) is 57.5 Å². The van der Waals surface area contributed by atoms with E-state index in [4.69, 9.17) is 9.47 Å². The minimum atomic E-state index is -0.483. The van der Waals surface area contributed by atoms with Crippen LogP contribution < -0.4 is 9.47 Å². The molecule has 5 nitrogen and oxygen atoms in total. The molecule has 0 spiro atoms. The van der Waals surface area contributed by atoms with Gasteiger partial charge in [0.25, 0.3) is 0 Å². The molecular weight excluding hydrogens is 402 g/mol. The van der Waals surface area contributed by atoms with Crippen LogP contribution in [0.3, 0.4) is 0 Å². The third-order valence-electron chi connectivity index (χ3n) is 5.29. The third kappa shape index (κ3) is 4.18. The van der Waals surface area contributed by atoms with Gasteiger partial charge in [-0.05, 0) is 68.0 Å². The maximum absolute atomic E-state index is 12.5. The lowest BCUT2D eigenvalue weighted by Crippen LogP contribution is -2.03. The number of nitrogens with zero attached hydrogens (tertiary/aromatic N) is 1. The number of ether oxygens (including phenoxy) is 2. The minimum absolute atomic E-state index is 0.0489. The number of benzene rings is 3. The van der Waals surface area contributed by atoms with Crippen LogP contribution in [-0.2, 0) is 4.79 Å². The van der Waals surface area contributed by atoms with Crippen molar-refractivity contribution in [2.45, 2.75) is 13.8 Å². The molecule has 1 heterocycles. The molecule has 0 aliphatic rings. The number of carbonyl (C=O) groups excluding carboxylic acids is 2. The van der Waals surface area contributed by atoms with E-state index in [1.165, 1.54) is 6.08 Å². The molecular formula is C27H23NO4. The molecule has 4 rings (SSSR count). The lowest BCUT2D eigenvalue weighted by Gasteiger charge is -2.10. The number of aromatic nitrogens is 1. The van der Waals surface area contributed by atoms with E-state index in [1.807, 2.05) is 72.2 Å². The summed E-state index contributed by atoms with van der Waals surface area (Å²) < 4.78 is 12.8. The van der Waals surface area contributed by atoms with Gasteiger partial charge in [-0.1, -0.05) is 30.3 Å². The van der Waals surface area contributed by atoms with Crippen molar-refractivity contribution in [2.75, 3.05) is 7.11 Å².